The first-order chi connectivity index (χ1) is 9.65. The molecular formula is C14H8N2O3S. The molecule has 0 radical (unpaired) electrons. The summed E-state index contributed by atoms with van der Waals surface area (Å²) in [5.74, 6) is 0. The van der Waals surface area contributed by atoms with E-state index in [2.05, 4.69) is 0 Å². The van der Waals surface area contributed by atoms with Gasteiger partial charge in [-0.25, -0.2) is 0 Å². The fraction of sp³-hybridized carbons (Fsp3) is 0. The number of benzene rings is 2. The molecule has 2 aromatic rings. The molecule has 0 bridgehead atoms. The lowest BCUT2D eigenvalue weighted by molar-refractivity contribution is -0.387. The van der Waals surface area contributed by atoms with Crippen LogP contribution in [0.3, 0.4) is 0 Å². The normalized spacial score (nSPS) is 9.75. The molecule has 2 rings (SSSR count). The third kappa shape index (κ3) is 2.84. The van der Waals surface area contributed by atoms with Crippen LogP contribution in [0.15, 0.2) is 52.3 Å². The standard InChI is InChI=1S/C14H8N2O3S/c15-8-11-7-10(9-17)5-6-13(11)20-14-4-2-1-3-12(14)16(18)19/h1-7,9H. The first-order valence-corrected chi connectivity index (χ1v) is 6.38. The Morgan fingerprint density at radius 3 is 2.60 bits per heavy atom. The number of hydrogen-bond acceptors (Lipinski definition) is 5. The van der Waals surface area contributed by atoms with Crippen LogP contribution in [0.5, 0.6) is 0 Å². The van der Waals surface area contributed by atoms with Crippen LogP contribution in [0, 0.1) is 21.4 Å². The molecule has 0 fully saturated rings. The van der Waals surface area contributed by atoms with Crippen molar-refractivity contribution < 1.29 is 9.72 Å². The predicted molar refractivity (Wildman–Crippen MR) is 73.8 cm³/mol. The van der Waals surface area contributed by atoms with E-state index in [1.807, 2.05) is 6.07 Å². The first kappa shape index (κ1) is 13.8. The summed E-state index contributed by atoms with van der Waals surface area (Å²) in [4.78, 5) is 22.2. The minimum absolute atomic E-state index is 0.0131. The number of carbonyl (C=O) groups is 1. The van der Waals surface area contributed by atoms with Gasteiger partial charge in [-0.15, -0.1) is 0 Å². The average Bonchev–Trinajstić information content (AvgIpc) is 2.48. The van der Waals surface area contributed by atoms with Crippen LogP contribution in [-0.4, -0.2) is 11.2 Å². The van der Waals surface area contributed by atoms with Crippen LogP contribution >= 0.6 is 11.8 Å². The number of nitrogens with zero attached hydrogens (tertiary/aromatic N) is 2. The quantitative estimate of drug-likeness (QED) is 0.488. The van der Waals surface area contributed by atoms with E-state index in [0.29, 0.717) is 27.2 Å². The largest absolute Gasteiger partial charge is 0.298 e. The van der Waals surface area contributed by atoms with Crippen molar-refractivity contribution in [2.45, 2.75) is 9.79 Å². The van der Waals surface area contributed by atoms with Crippen LogP contribution in [-0.2, 0) is 0 Å². The molecule has 0 amide bonds. The Morgan fingerprint density at radius 1 is 1.20 bits per heavy atom. The first-order valence-electron chi connectivity index (χ1n) is 5.56. The minimum Gasteiger partial charge on any atom is -0.298 e. The lowest BCUT2D eigenvalue weighted by Gasteiger charge is -2.05. The van der Waals surface area contributed by atoms with Crippen LogP contribution in [0.25, 0.3) is 0 Å². The summed E-state index contributed by atoms with van der Waals surface area (Å²) in [6.07, 6.45) is 0.653. The van der Waals surface area contributed by atoms with E-state index in [0.717, 1.165) is 11.8 Å². The van der Waals surface area contributed by atoms with E-state index in [1.165, 1.54) is 12.1 Å². The number of nitriles is 1. The second-order valence-electron chi connectivity index (χ2n) is 3.81. The summed E-state index contributed by atoms with van der Waals surface area (Å²) in [7, 11) is 0. The molecule has 0 aliphatic rings. The summed E-state index contributed by atoms with van der Waals surface area (Å²) < 4.78 is 0. The van der Waals surface area contributed by atoms with E-state index in [1.54, 1.807) is 30.3 Å². The average molecular weight is 284 g/mol. The van der Waals surface area contributed by atoms with Gasteiger partial charge in [0.05, 0.1) is 15.4 Å². The highest BCUT2D eigenvalue weighted by molar-refractivity contribution is 7.99. The van der Waals surface area contributed by atoms with Crippen molar-refractivity contribution in [3.63, 3.8) is 0 Å². The molecule has 0 unspecified atom stereocenters. The fourth-order valence-corrected chi connectivity index (χ4v) is 2.59. The lowest BCUT2D eigenvalue weighted by Crippen LogP contribution is -1.91. The Bertz CT molecular complexity index is 723. The highest BCUT2D eigenvalue weighted by Gasteiger charge is 2.15. The maximum Gasteiger partial charge on any atom is 0.283 e. The third-order valence-corrected chi connectivity index (χ3v) is 3.68. The lowest BCUT2D eigenvalue weighted by atomic mass is 10.1. The number of aldehydes is 1. The minimum atomic E-state index is -0.464. The van der Waals surface area contributed by atoms with Gasteiger partial charge in [-0.05, 0) is 18.2 Å². The van der Waals surface area contributed by atoms with Crippen molar-refractivity contribution in [3.8, 4) is 6.07 Å². The van der Waals surface area contributed by atoms with E-state index < -0.39 is 4.92 Å². The van der Waals surface area contributed by atoms with Gasteiger partial charge in [0.15, 0.2) is 0 Å². The maximum absolute atomic E-state index is 10.9. The van der Waals surface area contributed by atoms with Gasteiger partial charge in [0.25, 0.3) is 5.69 Å². The van der Waals surface area contributed by atoms with Crippen LogP contribution < -0.4 is 0 Å². The SMILES string of the molecule is N#Cc1cc(C=O)ccc1Sc1ccccc1[N+](=O)[O-]. The second-order valence-corrected chi connectivity index (χ2v) is 4.90. The van der Waals surface area contributed by atoms with Gasteiger partial charge in [-0.1, -0.05) is 30.0 Å². The van der Waals surface area contributed by atoms with Crippen LogP contribution in [0.1, 0.15) is 15.9 Å². The summed E-state index contributed by atoms with van der Waals surface area (Å²) in [5, 5.41) is 20.0. The molecule has 2 aromatic carbocycles. The molecule has 0 aromatic heterocycles. The van der Waals surface area contributed by atoms with E-state index in [-0.39, 0.29) is 5.69 Å². The molecule has 98 valence electrons. The van der Waals surface area contributed by atoms with Crippen molar-refractivity contribution >= 4 is 23.7 Å². The molecule has 0 aliphatic carbocycles. The van der Waals surface area contributed by atoms with E-state index in [9.17, 15) is 14.9 Å². The summed E-state index contributed by atoms with van der Waals surface area (Å²) >= 11 is 1.13. The summed E-state index contributed by atoms with van der Waals surface area (Å²) in [6, 6.07) is 13.0. The zero-order valence-electron chi connectivity index (χ0n) is 10.1. The monoisotopic (exact) mass is 284 g/mol. The fourth-order valence-electron chi connectivity index (χ4n) is 1.61. The summed E-state index contributed by atoms with van der Waals surface area (Å²) in [5.41, 5.74) is 0.701. The highest BCUT2D eigenvalue weighted by Crippen LogP contribution is 2.36. The number of rotatable bonds is 4. The molecule has 20 heavy (non-hydrogen) atoms. The highest BCUT2D eigenvalue weighted by atomic mass is 32.2. The number of hydrogen-bond donors (Lipinski definition) is 0. The maximum atomic E-state index is 10.9. The molecule has 0 saturated carbocycles. The number of para-hydroxylation sites is 1. The smallest absolute Gasteiger partial charge is 0.283 e. The Hall–Kier alpha value is -2.65. The van der Waals surface area contributed by atoms with Crippen LogP contribution in [0.2, 0.25) is 0 Å². The molecule has 6 heteroatoms. The summed E-state index contributed by atoms with van der Waals surface area (Å²) in [6.45, 7) is 0. The molecule has 0 saturated heterocycles. The molecule has 0 atom stereocenters. The van der Waals surface area contributed by atoms with Crippen LogP contribution in [0.4, 0.5) is 5.69 Å². The zero-order valence-corrected chi connectivity index (χ0v) is 11.0. The zero-order chi connectivity index (χ0) is 14.5. The predicted octanol–water partition coefficient (Wildman–Crippen LogP) is 3.43. The Kier molecular flexibility index (Phi) is 4.13. The number of carbonyl (C=O) groups excluding carboxylic acids is 1. The van der Waals surface area contributed by atoms with Crippen molar-refractivity contribution in [1.82, 2.24) is 0 Å². The molecular weight excluding hydrogens is 276 g/mol. The van der Waals surface area contributed by atoms with Gasteiger partial charge < -0.3 is 0 Å². The second kappa shape index (κ2) is 5.99. The van der Waals surface area contributed by atoms with Gasteiger partial charge >= 0.3 is 0 Å². The number of nitro groups is 1. The Morgan fingerprint density at radius 2 is 1.95 bits per heavy atom. The molecule has 0 aliphatic heterocycles. The molecule has 0 heterocycles. The van der Waals surface area contributed by atoms with Gasteiger partial charge in [0.2, 0.25) is 0 Å². The molecule has 0 N–H and O–H groups in total. The van der Waals surface area contributed by atoms with Crippen molar-refractivity contribution in [2.75, 3.05) is 0 Å². The van der Waals surface area contributed by atoms with E-state index in [4.69, 9.17) is 5.26 Å². The van der Waals surface area contributed by atoms with Gasteiger partial charge in [0, 0.05) is 16.5 Å². The van der Waals surface area contributed by atoms with Gasteiger partial charge in [-0.2, -0.15) is 5.26 Å². The van der Waals surface area contributed by atoms with Crippen molar-refractivity contribution in [3.05, 3.63) is 63.7 Å². The third-order valence-electron chi connectivity index (χ3n) is 2.54. The van der Waals surface area contributed by atoms with E-state index >= 15 is 0 Å². The van der Waals surface area contributed by atoms with Gasteiger partial charge in [0.1, 0.15) is 12.4 Å². The Balaban J connectivity index is 2.43. The van der Waals surface area contributed by atoms with Crippen molar-refractivity contribution in [1.29, 1.82) is 5.26 Å². The topological polar surface area (TPSA) is 84.0 Å². The van der Waals surface area contributed by atoms with Gasteiger partial charge in [-0.3, -0.25) is 14.9 Å². The molecule has 0 spiro atoms. The molecule has 5 nitrogen and oxygen atoms in total. The Labute approximate surface area is 119 Å². The van der Waals surface area contributed by atoms with Crippen molar-refractivity contribution in [2.24, 2.45) is 0 Å². The number of nitro benzene ring substituents is 1.